The summed E-state index contributed by atoms with van der Waals surface area (Å²) >= 11 is 3.39. The van der Waals surface area contributed by atoms with Gasteiger partial charge in [-0.2, -0.15) is 0 Å². The molecule has 2 amide bonds. The highest BCUT2D eigenvalue weighted by Crippen LogP contribution is 2.21. The smallest absolute Gasteiger partial charge is 0.256 e. The van der Waals surface area contributed by atoms with E-state index in [2.05, 4.69) is 43.7 Å². The second-order valence-electron chi connectivity index (χ2n) is 7.20. The van der Waals surface area contributed by atoms with Gasteiger partial charge in [0.1, 0.15) is 0 Å². The van der Waals surface area contributed by atoms with Crippen molar-refractivity contribution in [3.8, 4) is 0 Å². The highest BCUT2D eigenvalue weighted by atomic mass is 79.9. The van der Waals surface area contributed by atoms with Gasteiger partial charge in [0.05, 0.1) is 16.8 Å². The van der Waals surface area contributed by atoms with Crippen molar-refractivity contribution >= 4 is 44.3 Å². The van der Waals surface area contributed by atoms with Crippen LogP contribution in [0.1, 0.15) is 32.7 Å². The third-order valence-electron chi connectivity index (χ3n) is 5.12. The Bertz CT molecular complexity index is 1230. The van der Waals surface area contributed by atoms with Crippen molar-refractivity contribution < 1.29 is 9.59 Å². The van der Waals surface area contributed by atoms with E-state index in [1.807, 2.05) is 24.4 Å². The lowest BCUT2D eigenvalue weighted by Gasteiger charge is -2.12. The number of nitrogens with one attached hydrogen (secondary N) is 3. The number of carbonyl (C=O) groups is 2. The maximum Gasteiger partial charge on any atom is 0.256 e. The number of rotatable bonds is 7. The minimum atomic E-state index is -0.271. The summed E-state index contributed by atoms with van der Waals surface area (Å²) in [5.41, 5.74) is 3.80. The predicted molar refractivity (Wildman–Crippen MR) is 127 cm³/mol. The summed E-state index contributed by atoms with van der Waals surface area (Å²) in [7, 11) is 0. The molecular formula is C25H22BrN3O2. The summed E-state index contributed by atoms with van der Waals surface area (Å²) in [4.78, 5) is 28.7. The van der Waals surface area contributed by atoms with Crippen LogP contribution < -0.4 is 10.6 Å². The fraction of sp³-hybridized carbons (Fsp3) is 0.120. The number of para-hydroxylation sites is 2. The molecular weight excluding hydrogens is 454 g/mol. The van der Waals surface area contributed by atoms with Crippen molar-refractivity contribution in [1.29, 1.82) is 0 Å². The number of halogens is 1. The highest BCUT2D eigenvalue weighted by Gasteiger charge is 2.15. The second-order valence-corrected chi connectivity index (χ2v) is 8.05. The van der Waals surface area contributed by atoms with Gasteiger partial charge in [0.15, 0.2) is 0 Å². The van der Waals surface area contributed by atoms with E-state index in [0.717, 1.165) is 18.4 Å². The van der Waals surface area contributed by atoms with Gasteiger partial charge in [-0.05, 0) is 64.7 Å². The van der Waals surface area contributed by atoms with E-state index in [-0.39, 0.29) is 11.8 Å². The van der Waals surface area contributed by atoms with Gasteiger partial charge in [-0.25, -0.2) is 0 Å². The minimum absolute atomic E-state index is 0.207. The predicted octanol–water partition coefficient (Wildman–Crippen LogP) is 5.55. The molecule has 3 N–H and O–H groups in total. The van der Waals surface area contributed by atoms with Gasteiger partial charge in [-0.3, -0.25) is 9.59 Å². The number of carbonyl (C=O) groups excluding carboxylic acids is 2. The number of aryl methyl sites for hydroxylation is 1. The lowest BCUT2D eigenvalue weighted by atomic mass is 10.1. The van der Waals surface area contributed by atoms with E-state index in [1.54, 1.807) is 42.5 Å². The van der Waals surface area contributed by atoms with Crippen LogP contribution in [0.2, 0.25) is 0 Å². The standard InChI is InChI=1S/C25H22BrN3O2/c26-21-12-4-1-10-19(21)25(31)29-23-14-6-3-11-20(23)24(30)27-15-7-8-17-16-28-22-13-5-2-9-18(17)22/h1-6,9-14,16,28H,7-8,15H2,(H,27,30)(H,29,31). The third-order valence-corrected chi connectivity index (χ3v) is 5.81. The molecule has 6 heteroatoms. The van der Waals surface area contributed by atoms with E-state index in [9.17, 15) is 9.59 Å². The van der Waals surface area contributed by atoms with Gasteiger partial charge in [0.25, 0.3) is 11.8 Å². The lowest BCUT2D eigenvalue weighted by molar-refractivity contribution is 0.0954. The second kappa shape index (κ2) is 9.62. The van der Waals surface area contributed by atoms with E-state index >= 15 is 0 Å². The van der Waals surface area contributed by atoms with Crippen LogP contribution in [0.5, 0.6) is 0 Å². The molecule has 5 nitrogen and oxygen atoms in total. The topological polar surface area (TPSA) is 74.0 Å². The molecule has 4 rings (SSSR count). The van der Waals surface area contributed by atoms with Crippen molar-refractivity contribution in [3.05, 3.63) is 100 Å². The zero-order chi connectivity index (χ0) is 21.6. The molecule has 4 aromatic rings. The minimum Gasteiger partial charge on any atom is -0.361 e. The Kier molecular flexibility index (Phi) is 6.48. The number of hydrogen-bond acceptors (Lipinski definition) is 2. The Balaban J connectivity index is 1.36. The monoisotopic (exact) mass is 475 g/mol. The maximum atomic E-state index is 12.7. The Morgan fingerprint density at radius 2 is 1.55 bits per heavy atom. The Morgan fingerprint density at radius 3 is 2.39 bits per heavy atom. The van der Waals surface area contributed by atoms with E-state index < -0.39 is 0 Å². The van der Waals surface area contributed by atoms with Crippen molar-refractivity contribution in [1.82, 2.24) is 10.3 Å². The summed E-state index contributed by atoms with van der Waals surface area (Å²) < 4.78 is 0.701. The largest absolute Gasteiger partial charge is 0.361 e. The Morgan fingerprint density at radius 1 is 0.839 bits per heavy atom. The zero-order valence-electron chi connectivity index (χ0n) is 16.8. The van der Waals surface area contributed by atoms with Crippen LogP contribution >= 0.6 is 15.9 Å². The maximum absolute atomic E-state index is 12.7. The number of H-pyrrole nitrogens is 1. The van der Waals surface area contributed by atoms with E-state index in [4.69, 9.17) is 0 Å². The average molecular weight is 476 g/mol. The molecule has 31 heavy (non-hydrogen) atoms. The lowest BCUT2D eigenvalue weighted by Crippen LogP contribution is -2.26. The summed E-state index contributed by atoms with van der Waals surface area (Å²) in [6, 6.07) is 22.4. The molecule has 0 saturated carbocycles. The third kappa shape index (κ3) is 4.86. The molecule has 0 atom stereocenters. The number of hydrogen-bond donors (Lipinski definition) is 3. The van der Waals surface area contributed by atoms with Gasteiger partial charge in [0.2, 0.25) is 0 Å². The van der Waals surface area contributed by atoms with Crippen molar-refractivity contribution in [2.75, 3.05) is 11.9 Å². The van der Waals surface area contributed by atoms with Crippen LogP contribution in [-0.2, 0) is 6.42 Å². The zero-order valence-corrected chi connectivity index (χ0v) is 18.4. The number of aromatic nitrogens is 1. The SMILES string of the molecule is O=C(Nc1ccccc1C(=O)NCCCc1c[nH]c2ccccc12)c1ccccc1Br. The molecule has 0 aliphatic rings. The molecule has 3 aromatic carbocycles. The molecule has 0 radical (unpaired) electrons. The number of fused-ring (bicyclic) bond motifs is 1. The fourth-order valence-corrected chi connectivity index (χ4v) is 4.00. The van der Waals surface area contributed by atoms with E-state index in [1.165, 1.54) is 10.9 Å². The van der Waals surface area contributed by atoms with Crippen LogP contribution in [-0.4, -0.2) is 23.3 Å². The summed E-state index contributed by atoms with van der Waals surface area (Å²) in [5, 5.41) is 7.03. The average Bonchev–Trinajstić information content (AvgIpc) is 3.20. The van der Waals surface area contributed by atoms with Crippen LogP contribution in [0.25, 0.3) is 10.9 Å². The Hall–Kier alpha value is -3.38. The van der Waals surface area contributed by atoms with E-state index in [0.29, 0.717) is 27.8 Å². The fourth-order valence-electron chi connectivity index (χ4n) is 3.54. The normalized spacial score (nSPS) is 10.7. The van der Waals surface area contributed by atoms with Gasteiger partial charge in [-0.1, -0.05) is 42.5 Å². The molecule has 0 aliphatic heterocycles. The molecule has 0 fully saturated rings. The number of anilines is 1. The van der Waals surface area contributed by atoms with Crippen LogP contribution in [0, 0.1) is 0 Å². The number of benzene rings is 3. The van der Waals surface area contributed by atoms with Crippen molar-refractivity contribution in [2.24, 2.45) is 0 Å². The number of aromatic amines is 1. The molecule has 156 valence electrons. The van der Waals surface area contributed by atoms with Crippen molar-refractivity contribution in [2.45, 2.75) is 12.8 Å². The molecule has 0 saturated heterocycles. The molecule has 1 heterocycles. The molecule has 0 spiro atoms. The number of amides is 2. The van der Waals surface area contributed by atoms with Crippen molar-refractivity contribution in [3.63, 3.8) is 0 Å². The summed E-state index contributed by atoms with van der Waals surface area (Å²) in [6.45, 7) is 0.546. The first kappa shape index (κ1) is 20.9. The summed E-state index contributed by atoms with van der Waals surface area (Å²) in [6.07, 6.45) is 3.71. The van der Waals surface area contributed by atoms with Gasteiger partial charge in [-0.15, -0.1) is 0 Å². The quantitative estimate of drug-likeness (QED) is 0.306. The van der Waals surface area contributed by atoms with Crippen LogP contribution in [0.15, 0.2) is 83.5 Å². The van der Waals surface area contributed by atoms with Gasteiger partial charge >= 0.3 is 0 Å². The molecule has 0 unspecified atom stereocenters. The molecule has 0 bridgehead atoms. The van der Waals surface area contributed by atoms with Gasteiger partial charge < -0.3 is 15.6 Å². The molecule has 0 aliphatic carbocycles. The first-order valence-corrected chi connectivity index (χ1v) is 10.9. The first-order valence-electron chi connectivity index (χ1n) is 10.1. The first-order chi connectivity index (χ1) is 15.1. The van der Waals surface area contributed by atoms with Crippen LogP contribution in [0.3, 0.4) is 0 Å². The highest BCUT2D eigenvalue weighted by molar-refractivity contribution is 9.10. The summed E-state index contributed by atoms with van der Waals surface area (Å²) in [5.74, 6) is -0.478. The Labute approximate surface area is 189 Å². The van der Waals surface area contributed by atoms with Crippen LogP contribution in [0.4, 0.5) is 5.69 Å². The van der Waals surface area contributed by atoms with Gasteiger partial charge in [0, 0.05) is 28.1 Å². The molecule has 1 aromatic heterocycles.